The molecular formula is C16H21NO2. The maximum absolute atomic E-state index is 5.67. The maximum Gasteiger partial charge on any atom is 0.130 e. The predicted molar refractivity (Wildman–Crippen MR) is 79.1 cm³/mol. The lowest BCUT2D eigenvalue weighted by atomic mass is 9.93. The molecule has 2 rings (SSSR count). The summed E-state index contributed by atoms with van der Waals surface area (Å²) >= 11 is 0. The van der Waals surface area contributed by atoms with Crippen molar-refractivity contribution in [2.75, 3.05) is 20.8 Å². The average Bonchev–Trinajstić information content (AvgIpc) is 2.45. The van der Waals surface area contributed by atoms with Gasteiger partial charge in [-0.1, -0.05) is 31.2 Å². The van der Waals surface area contributed by atoms with E-state index in [1.807, 2.05) is 18.2 Å². The molecule has 19 heavy (non-hydrogen) atoms. The Kier molecular flexibility index (Phi) is 4.27. The van der Waals surface area contributed by atoms with Gasteiger partial charge >= 0.3 is 0 Å². The SMILES string of the molecule is COc1cc(C(C)CCN)c(OC)c2ccccc12. The molecule has 0 fully saturated rings. The number of benzene rings is 2. The molecule has 2 aromatic rings. The number of hydrogen-bond acceptors (Lipinski definition) is 3. The van der Waals surface area contributed by atoms with Gasteiger partial charge in [-0.15, -0.1) is 0 Å². The van der Waals surface area contributed by atoms with Gasteiger partial charge < -0.3 is 15.2 Å². The highest BCUT2D eigenvalue weighted by atomic mass is 16.5. The molecular weight excluding hydrogens is 238 g/mol. The van der Waals surface area contributed by atoms with Crippen molar-refractivity contribution in [3.8, 4) is 11.5 Å². The van der Waals surface area contributed by atoms with Gasteiger partial charge in [-0.2, -0.15) is 0 Å². The highest BCUT2D eigenvalue weighted by Crippen LogP contribution is 2.40. The third-order valence-electron chi connectivity index (χ3n) is 3.54. The Morgan fingerprint density at radius 1 is 1.11 bits per heavy atom. The Balaban J connectivity index is 2.69. The van der Waals surface area contributed by atoms with E-state index in [1.54, 1.807) is 14.2 Å². The van der Waals surface area contributed by atoms with Crippen LogP contribution in [0.25, 0.3) is 10.8 Å². The van der Waals surface area contributed by atoms with Crippen molar-refractivity contribution in [2.24, 2.45) is 5.73 Å². The van der Waals surface area contributed by atoms with Gasteiger partial charge in [-0.25, -0.2) is 0 Å². The van der Waals surface area contributed by atoms with Gasteiger partial charge in [-0.05, 0) is 24.9 Å². The second kappa shape index (κ2) is 5.93. The summed E-state index contributed by atoms with van der Waals surface area (Å²) in [6, 6.07) is 10.2. The van der Waals surface area contributed by atoms with Crippen molar-refractivity contribution in [1.29, 1.82) is 0 Å². The Morgan fingerprint density at radius 2 is 1.79 bits per heavy atom. The van der Waals surface area contributed by atoms with Crippen LogP contribution in [0.5, 0.6) is 11.5 Å². The molecule has 3 nitrogen and oxygen atoms in total. The van der Waals surface area contributed by atoms with E-state index >= 15 is 0 Å². The van der Waals surface area contributed by atoms with Crippen molar-refractivity contribution in [3.05, 3.63) is 35.9 Å². The number of fused-ring (bicyclic) bond motifs is 1. The molecule has 3 heteroatoms. The number of ether oxygens (including phenoxy) is 2. The van der Waals surface area contributed by atoms with E-state index in [-0.39, 0.29) is 0 Å². The van der Waals surface area contributed by atoms with E-state index in [9.17, 15) is 0 Å². The third kappa shape index (κ3) is 2.51. The van der Waals surface area contributed by atoms with Gasteiger partial charge in [0.05, 0.1) is 14.2 Å². The molecule has 0 spiro atoms. The minimum absolute atomic E-state index is 0.346. The molecule has 0 aromatic heterocycles. The van der Waals surface area contributed by atoms with E-state index in [1.165, 1.54) is 0 Å². The van der Waals surface area contributed by atoms with Crippen molar-refractivity contribution in [3.63, 3.8) is 0 Å². The van der Waals surface area contributed by atoms with Crippen molar-refractivity contribution in [2.45, 2.75) is 19.3 Å². The zero-order valence-corrected chi connectivity index (χ0v) is 11.8. The van der Waals surface area contributed by atoms with E-state index in [0.717, 1.165) is 34.3 Å². The summed E-state index contributed by atoms with van der Waals surface area (Å²) < 4.78 is 11.1. The Hall–Kier alpha value is -1.74. The fourth-order valence-electron chi connectivity index (χ4n) is 2.50. The van der Waals surface area contributed by atoms with Crippen LogP contribution < -0.4 is 15.2 Å². The Morgan fingerprint density at radius 3 is 2.37 bits per heavy atom. The zero-order valence-electron chi connectivity index (χ0n) is 11.8. The van der Waals surface area contributed by atoms with Crippen molar-refractivity contribution >= 4 is 10.8 Å². The predicted octanol–water partition coefficient (Wildman–Crippen LogP) is 3.31. The molecule has 0 saturated heterocycles. The van der Waals surface area contributed by atoms with Crippen LogP contribution in [0, 0.1) is 0 Å². The minimum Gasteiger partial charge on any atom is -0.496 e. The molecule has 0 amide bonds. The lowest BCUT2D eigenvalue weighted by Crippen LogP contribution is -2.06. The first-order chi connectivity index (χ1) is 9.22. The molecule has 1 atom stereocenters. The van der Waals surface area contributed by atoms with E-state index in [4.69, 9.17) is 15.2 Å². The van der Waals surface area contributed by atoms with Gasteiger partial charge in [0.25, 0.3) is 0 Å². The molecule has 0 aliphatic carbocycles. The van der Waals surface area contributed by atoms with Gasteiger partial charge in [0.1, 0.15) is 11.5 Å². The quantitative estimate of drug-likeness (QED) is 0.896. The first-order valence-electron chi connectivity index (χ1n) is 6.56. The highest BCUT2D eigenvalue weighted by molar-refractivity contribution is 5.94. The summed E-state index contributed by atoms with van der Waals surface area (Å²) in [6.45, 7) is 2.83. The first kappa shape index (κ1) is 13.7. The van der Waals surface area contributed by atoms with E-state index < -0.39 is 0 Å². The Labute approximate surface area is 114 Å². The van der Waals surface area contributed by atoms with Crippen LogP contribution >= 0.6 is 0 Å². The number of methoxy groups -OCH3 is 2. The molecule has 0 aliphatic rings. The van der Waals surface area contributed by atoms with Gasteiger partial charge in [0, 0.05) is 16.3 Å². The smallest absolute Gasteiger partial charge is 0.130 e. The van der Waals surface area contributed by atoms with E-state index in [0.29, 0.717) is 12.5 Å². The van der Waals surface area contributed by atoms with E-state index in [2.05, 4.69) is 19.1 Å². The fraction of sp³-hybridized carbons (Fsp3) is 0.375. The summed E-state index contributed by atoms with van der Waals surface area (Å²) in [5.74, 6) is 2.16. The largest absolute Gasteiger partial charge is 0.496 e. The van der Waals surface area contributed by atoms with Gasteiger partial charge in [-0.3, -0.25) is 0 Å². The molecule has 2 N–H and O–H groups in total. The molecule has 2 aromatic carbocycles. The molecule has 0 bridgehead atoms. The number of nitrogens with two attached hydrogens (primary N) is 1. The third-order valence-corrected chi connectivity index (χ3v) is 3.54. The summed E-state index contributed by atoms with van der Waals surface area (Å²) in [5, 5.41) is 2.16. The second-order valence-corrected chi connectivity index (χ2v) is 4.73. The normalized spacial score (nSPS) is 12.4. The first-order valence-corrected chi connectivity index (χ1v) is 6.56. The monoisotopic (exact) mass is 259 g/mol. The minimum atomic E-state index is 0.346. The van der Waals surface area contributed by atoms with Crippen molar-refractivity contribution < 1.29 is 9.47 Å². The summed E-state index contributed by atoms with van der Waals surface area (Å²) in [6.07, 6.45) is 0.928. The van der Waals surface area contributed by atoms with Crippen LogP contribution in [0.15, 0.2) is 30.3 Å². The second-order valence-electron chi connectivity index (χ2n) is 4.73. The van der Waals surface area contributed by atoms with Crippen LogP contribution in [-0.4, -0.2) is 20.8 Å². The van der Waals surface area contributed by atoms with Gasteiger partial charge in [0.15, 0.2) is 0 Å². The molecule has 102 valence electrons. The molecule has 1 unspecified atom stereocenters. The highest BCUT2D eigenvalue weighted by Gasteiger charge is 2.17. The van der Waals surface area contributed by atoms with Crippen LogP contribution in [-0.2, 0) is 0 Å². The fourth-order valence-corrected chi connectivity index (χ4v) is 2.50. The topological polar surface area (TPSA) is 44.5 Å². The van der Waals surface area contributed by atoms with Crippen LogP contribution in [0.3, 0.4) is 0 Å². The number of hydrogen-bond donors (Lipinski definition) is 1. The van der Waals surface area contributed by atoms with Crippen LogP contribution in [0.2, 0.25) is 0 Å². The number of rotatable bonds is 5. The molecule has 0 heterocycles. The summed E-state index contributed by atoms with van der Waals surface area (Å²) in [4.78, 5) is 0. The summed E-state index contributed by atoms with van der Waals surface area (Å²) in [7, 11) is 3.42. The molecule has 0 aliphatic heterocycles. The Bertz CT molecular complexity index is 566. The standard InChI is InChI=1S/C16H21NO2/c1-11(8-9-17)14-10-15(18-2)12-6-4-5-7-13(12)16(14)19-3/h4-7,10-11H,8-9,17H2,1-3H3. The van der Waals surface area contributed by atoms with Gasteiger partial charge in [0.2, 0.25) is 0 Å². The lowest BCUT2D eigenvalue weighted by molar-refractivity contribution is 0.402. The van der Waals surface area contributed by atoms with Crippen LogP contribution in [0.4, 0.5) is 0 Å². The zero-order chi connectivity index (χ0) is 13.8. The molecule has 0 radical (unpaired) electrons. The maximum atomic E-state index is 5.67. The summed E-state index contributed by atoms with van der Waals surface area (Å²) in [5.41, 5.74) is 6.83. The lowest BCUT2D eigenvalue weighted by Gasteiger charge is -2.19. The molecule has 0 saturated carbocycles. The van der Waals surface area contributed by atoms with Crippen LogP contribution in [0.1, 0.15) is 24.8 Å². The van der Waals surface area contributed by atoms with Crippen molar-refractivity contribution in [1.82, 2.24) is 0 Å². The average molecular weight is 259 g/mol.